The number of fused-ring (bicyclic) bond motifs is 1. The summed E-state index contributed by atoms with van der Waals surface area (Å²) in [5, 5.41) is 14.6. The van der Waals surface area contributed by atoms with Crippen molar-refractivity contribution in [1.82, 2.24) is 5.32 Å². The highest BCUT2D eigenvalue weighted by Gasteiger charge is 2.22. The molecule has 1 aliphatic rings. The van der Waals surface area contributed by atoms with Crippen LogP contribution in [-0.2, 0) is 16.0 Å². The summed E-state index contributed by atoms with van der Waals surface area (Å²) in [6.07, 6.45) is 3.16. The van der Waals surface area contributed by atoms with Crippen LogP contribution in [0.2, 0.25) is 0 Å². The van der Waals surface area contributed by atoms with Gasteiger partial charge in [-0.3, -0.25) is 9.59 Å². The van der Waals surface area contributed by atoms with Crippen molar-refractivity contribution in [2.24, 2.45) is 5.92 Å². The number of carboxylic acids is 1. The Morgan fingerprint density at radius 2 is 1.88 bits per heavy atom. The predicted octanol–water partition coefficient (Wildman–Crippen LogP) is 3.70. The Morgan fingerprint density at radius 1 is 1.12 bits per heavy atom. The molecule has 1 amide bonds. The fourth-order valence-corrected chi connectivity index (χ4v) is 3.42. The first kappa shape index (κ1) is 17.2. The Bertz CT molecular complexity index is 838. The molecule has 0 spiro atoms. The monoisotopic (exact) mass is 337 g/mol. The maximum atomic E-state index is 12.2. The van der Waals surface area contributed by atoms with Gasteiger partial charge in [0.15, 0.2) is 0 Å². The van der Waals surface area contributed by atoms with Gasteiger partial charge in [0.2, 0.25) is 5.91 Å². The van der Waals surface area contributed by atoms with Crippen LogP contribution in [0.5, 0.6) is 0 Å². The summed E-state index contributed by atoms with van der Waals surface area (Å²) in [7, 11) is 0. The molecule has 0 aromatic heterocycles. The van der Waals surface area contributed by atoms with Gasteiger partial charge in [0.05, 0.1) is 5.92 Å². The van der Waals surface area contributed by atoms with E-state index in [0.717, 1.165) is 46.7 Å². The number of nitrogens with one attached hydrogen (secondary N) is 1. The quantitative estimate of drug-likeness (QED) is 0.844. The van der Waals surface area contributed by atoms with E-state index in [4.69, 9.17) is 0 Å². The van der Waals surface area contributed by atoms with Gasteiger partial charge in [-0.1, -0.05) is 48.0 Å². The second-order valence-corrected chi connectivity index (χ2v) is 6.74. The minimum atomic E-state index is -0.884. The summed E-state index contributed by atoms with van der Waals surface area (Å²) in [4.78, 5) is 23.9. The fourth-order valence-electron chi connectivity index (χ4n) is 3.42. The van der Waals surface area contributed by atoms with Gasteiger partial charge in [0, 0.05) is 12.1 Å². The predicted molar refractivity (Wildman–Crippen MR) is 98.3 cm³/mol. The lowest BCUT2D eigenvalue weighted by Gasteiger charge is -2.15. The number of benzene rings is 2. The lowest BCUT2D eigenvalue weighted by atomic mass is 9.97. The Balaban J connectivity index is 1.67. The van der Waals surface area contributed by atoms with Gasteiger partial charge in [-0.2, -0.15) is 0 Å². The molecule has 0 aliphatic heterocycles. The first-order chi connectivity index (χ1) is 12.0. The largest absolute Gasteiger partial charge is 0.481 e. The molecule has 1 atom stereocenters. The van der Waals surface area contributed by atoms with Crippen LogP contribution >= 0.6 is 0 Å². The molecule has 25 heavy (non-hydrogen) atoms. The van der Waals surface area contributed by atoms with E-state index >= 15 is 0 Å². The Hall–Kier alpha value is -2.62. The summed E-state index contributed by atoms with van der Waals surface area (Å²) in [6.45, 7) is 2.13. The van der Waals surface area contributed by atoms with E-state index in [2.05, 4.69) is 5.32 Å². The minimum absolute atomic E-state index is 0.111. The van der Waals surface area contributed by atoms with Gasteiger partial charge in [0.1, 0.15) is 0 Å². The number of aliphatic carboxylic acids is 1. The first-order valence-electron chi connectivity index (χ1n) is 8.72. The van der Waals surface area contributed by atoms with Gasteiger partial charge in [-0.25, -0.2) is 0 Å². The topological polar surface area (TPSA) is 66.4 Å². The van der Waals surface area contributed by atoms with E-state index in [-0.39, 0.29) is 12.5 Å². The summed E-state index contributed by atoms with van der Waals surface area (Å²) in [6, 6.07) is 14.0. The minimum Gasteiger partial charge on any atom is -0.481 e. The van der Waals surface area contributed by atoms with Crippen LogP contribution < -0.4 is 5.32 Å². The van der Waals surface area contributed by atoms with Gasteiger partial charge >= 0.3 is 5.97 Å². The lowest BCUT2D eigenvalue weighted by Crippen LogP contribution is -2.34. The highest BCUT2D eigenvalue weighted by molar-refractivity contribution is 5.94. The number of hydrogen-bond donors (Lipinski definition) is 2. The van der Waals surface area contributed by atoms with Crippen LogP contribution in [-0.4, -0.2) is 23.5 Å². The molecule has 130 valence electrons. The molecule has 0 fully saturated rings. The molecule has 0 saturated heterocycles. The second kappa shape index (κ2) is 7.51. The molecule has 0 bridgehead atoms. The molecule has 2 N–H and O–H groups in total. The van der Waals surface area contributed by atoms with Gasteiger partial charge in [-0.15, -0.1) is 0 Å². The molecule has 0 saturated carbocycles. The van der Waals surface area contributed by atoms with Crippen LogP contribution in [0, 0.1) is 5.92 Å². The average molecular weight is 337 g/mol. The molecule has 4 heteroatoms. The zero-order valence-corrected chi connectivity index (χ0v) is 14.4. The molecular formula is C21H23NO3. The maximum absolute atomic E-state index is 12.2. The molecule has 3 rings (SSSR count). The molecule has 2 aromatic rings. The van der Waals surface area contributed by atoms with E-state index in [1.54, 1.807) is 0 Å². The second-order valence-electron chi connectivity index (χ2n) is 6.74. The fraction of sp³-hybridized carbons (Fsp3) is 0.333. The third kappa shape index (κ3) is 4.08. The molecule has 2 aromatic carbocycles. The molecule has 1 unspecified atom stereocenters. The van der Waals surface area contributed by atoms with Crippen molar-refractivity contribution in [3.8, 4) is 0 Å². The zero-order valence-electron chi connectivity index (χ0n) is 14.4. The van der Waals surface area contributed by atoms with Crippen molar-refractivity contribution in [1.29, 1.82) is 0 Å². The summed E-state index contributed by atoms with van der Waals surface area (Å²) in [5.74, 6) is -1.63. The number of rotatable bonds is 6. The van der Waals surface area contributed by atoms with Crippen molar-refractivity contribution < 1.29 is 14.7 Å². The average Bonchev–Trinajstić information content (AvgIpc) is 3.04. The standard InChI is InChI=1S/C21H23NO3/c1-14-5-4-8-19(14)20(23)22-13-18(21(24)25)12-15-9-10-16-6-2-3-7-17(16)11-15/h2-3,6-7,9-11,18H,4-5,8,12-13H2,1H3,(H,22,23)(H,24,25). The van der Waals surface area contributed by atoms with Gasteiger partial charge in [-0.05, 0) is 48.9 Å². The molecule has 0 heterocycles. The number of carboxylic acid groups (broad SMARTS) is 1. The van der Waals surface area contributed by atoms with Gasteiger partial charge in [0.25, 0.3) is 0 Å². The van der Waals surface area contributed by atoms with Crippen molar-refractivity contribution in [3.05, 3.63) is 59.2 Å². The smallest absolute Gasteiger partial charge is 0.308 e. The molecule has 4 nitrogen and oxygen atoms in total. The van der Waals surface area contributed by atoms with Gasteiger partial charge < -0.3 is 10.4 Å². The van der Waals surface area contributed by atoms with Crippen molar-refractivity contribution >= 4 is 22.6 Å². The molecular weight excluding hydrogens is 314 g/mol. The number of carbonyl (C=O) groups is 2. The molecule has 0 radical (unpaired) electrons. The van der Waals surface area contributed by atoms with Crippen LogP contribution in [0.4, 0.5) is 0 Å². The number of amides is 1. The van der Waals surface area contributed by atoms with E-state index in [1.165, 1.54) is 0 Å². The highest BCUT2D eigenvalue weighted by atomic mass is 16.4. The van der Waals surface area contributed by atoms with Crippen LogP contribution in [0.25, 0.3) is 10.8 Å². The van der Waals surface area contributed by atoms with Crippen molar-refractivity contribution in [2.75, 3.05) is 6.54 Å². The van der Waals surface area contributed by atoms with E-state index < -0.39 is 11.9 Å². The Labute approximate surface area is 147 Å². The summed E-state index contributed by atoms with van der Waals surface area (Å²) >= 11 is 0. The van der Waals surface area contributed by atoms with E-state index in [0.29, 0.717) is 6.42 Å². The summed E-state index contributed by atoms with van der Waals surface area (Å²) < 4.78 is 0. The lowest BCUT2D eigenvalue weighted by molar-refractivity contribution is -0.141. The van der Waals surface area contributed by atoms with Crippen LogP contribution in [0.1, 0.15) is 31.7 Å². The van der Waals surface area contributed by atoms with Crippen LogP contribution in [0.3, 0.4) is 0 Å². The zero-order chi connectivity index (χ0) is 17.8. The SMILES string of the molecule is CC1=C(C(=O)NCC(Cc2ccc3ccccc3c2)C(=O)O)CCC1. The maximum Gasteiger partial charge on any atom is 0.308 e. The Kier molecular flexibility index (Phi) is 5.17. The normalized spacial score (nSPS) is 15.4. The summed E-state index contributed by atoms with van der Waals surface area (Å²) in [5.41, 5.74) is 2.92. The van der Waals surface area contributed by atoms with Crippen molar-refractivity contribution in [3.63, 3.8) is 0 Å². The third-order valence-corrected chi connectivity index (χ3v) is 4.92. The van der Waals surface area contributed by atoms with Crippen molar-refractivity contribution in [2.45, 2.75) is 32.6 Å². The Morgan fingerprint density at radius 3 is 2.56 bits per heavy atom. The first-order valence-corrected chi connectivity index (χ1v) is 8.72. The number of hydrogen-bond acceptors (Lipinski definition) is 2. The van der Waals surface area contributed by atoms with E-state index in [1.807, 2.05) is 49.4 Å². The number of allylic oxidation sites excluding steroid dienone is 1. The van der Waals surface area contributed by atoms with E-state index in [9.17, 15) is 14.7 Å². The van der Waals surface area contributed by atoms with Crippen LogP contribution in [0.15, 0.2) is 53.6 Å². The molecule has 1 aliphatic carbocycles. The third-order valence-electron chi connectivity index (χ3n) is 4.92. The number of carbonyl (C=O) groups excluding carboxylic acids is 1. The highest BCUT2D eigenvalue weighted by Crippen LogP contribution is 2.25.